The molecule has 0 aromatic heterocycles. The number of nitrogens with one attached hydrogen (secondary N) is 2. The Labute approximate surface area is 157 Å². The lowest BCUT2D eigenvalue weighted by molar-refractivity contribution is -0.120. The number of benzene rings is 2. The molecule has 0 heterocycles. The lowest BCUT2D eigenvalue weighted by atomic mass is 10.1. The molecular weight excluding hydrogens is 376 g/mol. The molecule has 2 rings (SSSR count). The zero-order valence-electron chi connectivity index (χ0n) is 14.2. The van der Waals surface area contributed by atoms with E-state index >= 15 is 0 Å². The van der Waals surface area contributed by atoms with Crippen LogP contribution in [0.15, 0.2) is 53.4 Å². The maximum absolute atomic E-state index is 12.3. The number of hydrogen-bond acceptors (Lipinski definition) is 4. The first kappa shape index (κ1) is 19.9. The lowest BCUT2D eigenvalue weighted by Gasteiger charge is -2.08. The van der Waals surface area contributed by atoms with Crippen molar-refractivity contribution in [3.8, 4) is 0 Å². The van der Waals surface area contributed by atoms with Gasteiger partial charge >= 0.3 is 0 Å². The topological polar surface area (TPSA) is 92.3 Å². The Kier molecular flexibility index (Phi) is 6.76. The Bertz CT molecular complexity index is 896. The van der Waals surface area contributed by atoms with E-state index in [-0.39, 0.29) is 17.2 Å². The third kappa shape index (κ3) is 6.16. The molecule has 6 nitrogen and oxygen atoms in total. The Balaban J connectivity index is 1.94. The summed E-state index contributed by atoms with van der Waals surface area (Å²) in [6.45, 7) is 1.71. The number of carbonyl (C=O) groups excluding carboxylic acids is 2. The molecule has 0 atom stereocenters. The minimum atomic E-state index is -3.93. The average Bonchev–Trinajstić information content (AvgIpc) is 2.58. The van der Waals surface area contributed by atoms with Crippen LogP contribution in [0.1, 0.15) is 24.5 Å². The molecule has 0 aliphatic carbocycles. The van der Waals surface area contributed by atoms with Crippen molar-refractivity contribution >= 4 is 33.4 Å². The zero-order chi connectivity index (χ0) is 19.2. The van der Waals surface area contributed by atoms with Crippen LogP contribution in [0.25, 0.3) is 0 Å². The minimum Gasteiger partial charge on any atom is -0.352 e. The largest absolute Gasteiger partial charge is 0.352 e. The smallest absolute Gasteiger partial charge is 0.264 e. The van der Waals surface area contributed by atoms with Gasteiger partial charge in [-0.2, -0.15) is 0 Å². The van der Waals surface area contributed by atoms with Crippen LogP contribution in [0.4, 0.5) is 0 Å². The summed E-state index contributed by atoms with van der Waals surface area (Å²) in [5, 5.41) is 3.19. The van der Waals surface area contributed by atoms with Gasteiger partial charge in [0.15, 0.2) is 0 Å². The first-order valence-electron chi connectivity index (χ1n) is 7.90. The molecule has 0 aliphatic heterocycles. The second-order valence-corrected chi connectivity index (χ2v) is 7.83. The van der Waals surface area contributed by atoms with Crippen molar-refractivity contribution in [3.63, 3.8) is 0 Å². The van der Waals surface area contributed by atoms with Crippen LogP contribution in [0.3, 0.4) is 0 Å². The van der Waals surface area contributed by atoms with E-state index in [2.05, 4.69) is 10.0 Å². The molecule has 0 aliphatic rings. The van der Waals surface area contributed by atoms with Crippen LogP contribution in [0.5, 0.6) is 0 Å². The summed E-state index contributed by atoms with van der Waals surface area (Å²) in [5.74, 6) is -0.763. The van der Waals surface area contributed by atoms with Crippen molar-refractivity contribution < 1.29 is 18.0 Å². The normalized spacial score (nSPS) is 11.0. The van der Waals surface area contributed by atoms with Gasteiger partial charge in [-0.3, -0.25) is 9.59 Å². The molecule has 0 saturated heterocycles. The minimum absolute atomic E-state index is 0.0137. The lowest BCUT2D eigenvalue weighted by Crippen LogP contribution is -2.30. The number of carbonyl (C=O) groups is 2. The second kappa shape index (κ2) is 8.82. The van der Waals surface area contributed by atoms with Crippen LogP contribution < -0.4 is 10.0 Å². The summed E-state index contributed by atoms with van der Waals surface area (Å²) in [6.07, 6.45) is 0.414. The number of amides is 2. The molecule has 2 aromatic rings. The zero-order valence-corrected chi connectivity index (χ0v) is 15.7. The van der Waals surface area contributed by atoms with Gasteiger partial charge < -0.3 is 5.32 Å². The molecule has 2 aromatic carbocycles. The number of sulfonamides is 1. The highest BCUT2D eigenvalue weighted by Gasteiger charge is 2.17. The monoisotopic (exact) mass is 394 g/mol. The molecule has 0 spiro atoms. The van der Waals surface area contributed by atoms with Crippen molar-refractivity contribution in [2.24, 2.45) is 0 Å². The van der Waals surface area contributed by atoms with Crippen molar-refractivity contribution in [2.45, 2.75) is 31.2 Å². The molecule has 2 amide bonds. The van der Waals surface area contributed by atoms with Crippen LogP contribution in [0, 0.1) is 0 Å². The van der Waals surface area contributed by atoms with Gasteiger partial charge in [-0.05, 0) is 41.8 Å². The van der Waals surface area contributed by atoms with E-state index in [1.165, 1.54) is 19.1 Å². The fourth-order valence-electron chi connectivity index (χ4n) is 2.22. The molecule has 0 unspecified atom stereocenters. The third-order valence-corrected chi connectivity index (χ3v) is 5.18. The first-order valence-corrected chi connectivity index (χ1v) is 9.76. The molecular formula is C18H19ClN2O4S. The summed E-state index contributed by atoms with van der Waals surface area (Å²) < 4.78 is 26.6. The standard InChI is InChI=1S/C18H19ClN2O4S/c1-13(22)20-12-15-5-8-17(9-6-15)26(24,25)21-18(23)10-7-14-3-2-4-16(19)11-14/h2-6,8-9,11H,7,10,12H2,1H3,(H,20,22)(H,21,23). The maximum atomic E-state index is 12.3. The van der Waals surface area contributed by atoms with E-state index in [9.17, 15) is 18.0 Å². The van der Waals surface area contributed by atoms with Gasteiger partial charge in [-0.1, -0.05) is 35.9 Å². The highest BCUT2D eigenvalue weighted by molar-refractivity contribution is 7.90. The van der Waals surface area contributed by atoms with Crippen molar-refractivity contribution in [2.75, 3.05) is 0 Å². The van der Waals surface area contributed by atoms with Gasteiger partial charge in [-0.25, -0.2) is 13.1 Å². The van der Waals surface area contributed by atoms with Crippen LogP contribution >= 0.6 is 11.6 Å². The number of aryl methyl sites for hydroxylation is 1. The Morgan fingerprint density at radius 3 is 2.35 bits per heavy atom. The molecule has 0 fully saturated rings. The summed E-state index contributed by atoms with van der Waals surface area (Å²) in [6, 6.07) is 13.0. The molecule has 0 radical (unpaired) electrons. The number of rotatable bonds is 7. The molecule has 2 N–H and O–H groups in total. The molecule has 26 heavy (non-hydrogen) atoms. The van der Waals surface area contributed by atoms with Crippen molar-refractivity contribution in [1.82, 2.24) is 10.0 Å². The van der Waals surface area contributed by atoms with E-state index in [0.717, 1.165) is 11.1 Å². The Hall–Kier alpha value is -2.38. The predicted octanol–water partition coefficient (Wildman–Crippen LogP) is 2.41. The fourth-order valence-corrected chi connectivity index (χ4v) is 3.45. The van der Waals surface area contributed by atoms with E-state index in [4.69, 9.17) is 11.6 Å². The summed E-state index contributed by atoms with van der Waals surface area (Å²) >= 11 is 5.88. The van der Waals surface area contributed by atoms with E-state index in [1.807, 2.05) is 6.07 Å². The molecule has 8 heteroatoms. The maximum Gasteiger partial charge on any atom is 0.264 e. The van der Waals surface area contributed by atoms with E-state index in [1.54, 1.807) is 30.3 Å². The van der Waals surface area contributed by atoms with Gasteiger partial charge in [0.25, 0.3) is 10.0 Å². The summed E-state index contributed by atoms with van der Waals surface area (Å²) in [5.41, 5.74) is 1.61. The Morgan fingerprint density at radius 1 is 1.04 bits per heavy atom. The molecule has 0 saturated carbocycles. The fraction of sp³-hybridized carbons (Fsp3) is 0.222. The SMILES string of the molecule is CC(=O)NCc1ccc(S(=O)(=O)NC(=O)CCc2cccc(Cl)c2)cc1. The van der Waals surface area contributed by atoms with Crippen molar-refractivity contribution in [1.29, 1.82) is 0 Å². The highest BCUT2D eigenvalue weighted by Crippen LogP contribution is 2.13. The predicted molar refractivity (Wildman–Crippen MR) is 99.1 cm³/mol. The Morgan fingerprint density at radius 2 is 1.73 bits per heavy atom. The van der Waals surface area contributed by atoms with Crippen LogP contribution in [-0.4, -0.2) is 20.2 Å². The van der Waals surface area contributed by atoms with Crippen LogP contribution in [-0.2, 0) is 32.6 Å². The number of hydrogen-bond donors (Lipinski definition) is 2. The quantitative estimate of drug-likeness (QED) is 0.754. The van der Waals surface area contributed by atoms with E-state index in [0.29, 0.717) is 18.0 Å². The van der Waals surface area contributed by atoms with Gasteiger partial charge in [0.2, 0.25) is 11.8 Å². The molecule has 0 bridgehead atoms. The second-order valence-electron chi connectivity index (χ2n) is 5.71. The third-order valence-electron chi connectivity index (χ3n) is 3.55. The summed E-state index contributed by atoms with van der Waals surface area (Å²) in [7, 11) is -3.93. The van der Waals surface area contributed by atoms with Gasteiger partial charge in [0.1, 0.15) is 0 Å². The van der Waals surface area contributed by atoms with Gasteiger partial charge in [0, 0.05) is 24.9 Å². The highest BCUT2D eigenvalue weighted by atomic mass is 35.5. The molecule has 138 valence electrons. The summed E-state index contributed by atoms with van der Waals surface area (Å²) in [4.78, 5) is 22.8. The van der Waals surface area contributed by atoms with Crippen LogP contribution in [0.2, 0.25) is 5.02 Å². The van der Waals surface area contributed by atoms with E-state index < -0.39 is 15.9 Å². The number of halogens is 1. The van der Waals surface area contributed by atoms with Crippen molar-refractivity contribution in [3.05, 3.63) is 64.7 Å². The van der Waals surface area contributed by atoms with Gasteiger partial charge in [-0.15, -0.1) is 0 Å². The average molecular weight is 395 g/mol. The van der Waals surface area contributed by atoms with Gasteiger partial charge in [0.05, 0.1) is 4.90 Å². The first-order chi connectivity index (χ1) is 12.3.